The van der Waals surface area contributed by atoms with E-state index in [1.54, 1.807) is 24.3 Å². The van der Waals surface area contributed by atoms with Crippen molar-refractivity contribution in [2.24, 2.45) is 5.10 Å². The zero-order valence-corrected chi connectivity index (χ0v) is 17.0. The summed E-state index contributed by atoms with van der Waals surface area (Å²) in [4.78, 5) is 12.3. The molecule has 0 heterocycles. The van der Waals surface area contributed by atoms with E-state index < -0.39 is 15.9 Å². The first-order valence-electron chi connectivity index (χ1n) is 8.96. The Balaban J connectivity index is 2.18. The van der Waals surface area contributed by atoms with E-state index in [0.717, 1.165) is 25.0 Å². The zero-order valence-electron chi connectivity index (χ0n) is 16.2. The zero-order chi connectivity index (χ0) is 20.6. The van der Waals surface area contributed by atoms with Gasteiger partial charge >= 0.3 is 0 Å². The summed E-state index contributed by atoms with van der Waals surface area (Å²) < 4.78 is 33.1. The number of hydrazone groups is 1. The number of ether oxygens (including phenoxy) is 1. The van der Waals surface area contributed by atoms with E-state index in [-0.39, 0.29) is 10.5 Å². The second-order valence-corrected chi connectivity index (χ2v) is 7.91. The number of methoxy groups -OCH3 is 1. The van der Waals surface area contributed by atoms with Gasteiger partial charge in [0.15, 0.2) is 0 Å². The molecule has 0 spiro atoms. The Morgan fingerprint density at radius 2 is 1.89 bits per heavy atom. The van der Waals surface area contributed by atoms with Gasteiger partial charge in [0.2, 0.25) is 0 Å². The van der Waals surface area contributed by atoms with Crippen molar-refractivity contribution >= 4 is 27.3 Å². The highest BCUT2D eigenvalue weighted by Gasteiger charge is 2.18. The van der Waals surface area contributed by atoms with E-state index in [9.17, 15) is 13.2 Å². The Hall–Kier alpha value is -2.87. The summed E-state index contributed by atoms with van der Waals surface area (Å²) in [6.45, 7) is 3.92. The molecule has 2 rings (SSSR count). The molecule has 0 aliphatic rings. The molecule has 0 aliphatic carbocycles. The Bertz CT molecular complexity index is 955. The summed E-state index contributed by atoms with van der Waals surface area (Å²) in [5.41, 5.74) is 3.80. The number of benzene rings is 2. The number of amides is 1. The molecule has 1 amide bonds. The molecular weight excluding hydrogens is 378 g/mol. The number of para-hydroxylation sites is 2. The van der Waals surface area contributed by atoms with Crippen molar-refractivity contribution in [3.05, 3.63) is 54.1 Å². The van der Waals surface area contributed by atoms with Crippen molar-refractivity contribution in [1.29, 1.82) is 0 Å². The molecule has 28 heavy (non-hydrogen) atoms. The van der Waals surface area contributed by atoms with Gasteiger partial charge in [-0.3, -0.25) is 9.52 Å². The van der Waals surface area contributed by atoms with Gasteiger partial charge < -0.3 is 4.74 Å². The Kier molecular flexibility index (Phi) is 7.57. The predicted octanol–water partition coefficient (Wildman–Crippen LogP) is 3.79. The minimum Gasteiger partial charge on any atom is -0.495 e. The van der Waals surface area contributed by atoms with E-state index in [4.69, 9.17) is 4.74 Å². The van der Waals surface area contributed by atoms with Crippen LogP contribution in [0.15, 0.2) is 58.5 Å². The third-order valence-electron chi connectivity index (χ3n) is 4.00. The van der Waals surface area contributed by atoms with Crippen LogP contribution in [-0.2, 0) is 10.0 Å². The summed E-state index contributed by atoms with van der Waals surface area (Å²) >= 11 is 0. The Morgan fingerprint density at radius 1 is 1.14 bits per heavy atom. The van der Waals surface area contributed by atoms with Crippen LogP contribution in [0.2, 0.25) is 0 Å². The average molecular weight is 404 g/mol. The molecule has 0 unspecified atom stereocenters. The lowest BCUT2D eigenvalue weighted by Gasteiger charge is -2.12. The van der Waals surface area contributed by atoms with E-state index in [0.29, 0.717) is 11.4 Å². The van der Waals surface area contributed by atoms with Crippen molar-refractivity contribution < 1.29 is 17.9 Å². The lowest BCUT2D eigenvalue weighted by atomic mass is 10.2. The van der Waals surface area contributed by atoms with Gasteiger partial charge in [0.05, 0.1) is 17.7 Å². The van der Waals surface area contributed by atoms with Crippen molar-refractivity contribution in [2.45, 2.75) is 38.0 Å². The number of unbranched alkanes of at least 4 members (excludes halogenated alkanes) is 1. The lowest BCUT2D eigenvalue weighted by Crippen LogP contribution is -2.20. The molecule has 0 atom stereocenters. The Morgan fingerprint density at radius 3 is 2.61 bits per heavy atom. The topological polar surface area (TPSA) is 96.9 Å². The molecular formula is C20H25N3O4S. The first-order valence-corrected chi connectivity index (χ1v) is 10.4. The van der Waals surface area contributed by atoms with Crippen molar-refractivity contribution in [3.63, 3.8) is 0 Å². The number of carbonyl (C=O) groups excluding carboxylic acids is 1. The molecule has 0 radical (unpaired) electrons. The van der Waals surface area contributed by atoms with E-state index in [1.807, 2.05) is 6.92 Å². The van der Waals surface area contributed by atoms with Crippen LogP contribution in [0.4, 0.5) is 5.69 Å². The second kappa shape index (κ2) is 9.89. The van der Waals surface area contributed by atoms with Gasteiger partial charge in [-0.1, -0.05) is 31.5 Å². The SMILES string of the molecule is CCCC/C(C)=N\NC(=O)c1cccc(S(=O)(=O)Nc2ccccc2OC)c1. The van der Waals surface area contributed by atoms with E-state index >= 15 is 0 Å². The molecule has 0 bridgehead atoms. The number of anilines is 1. The minimum absolute atomic E-state index is 0.0299. The molecule has 8 heteroatoms. The highest BCUT2D eigenvalue weighted by molar-refractivity contribution is 7.92. The van der Waals surface area contributed by atoms with E-state index in [1.165, 1.54) is 31.4 Å². The number of nitrogens with one attached hydrogen (secondary N) is 2. The van der Waals surface area contributed by atoms with Crippen LogP contribution in [0.25, 0.3) is 0 Å². The molecule has 0 aromatic heterocycles. The monoisotopic (exact) mass is 403 g/mol. The molecule has 2 aromatic rings. The smallest absolute Gasteiger partial charge is 0.271 e. The van der Waals surface area contributed by atoms with Gasteiger partial charge in [0.25, 0.3) is 15.9 Å². The van der Waals surface area contributed by atoms with Crippen molar-refractivity contribution in [1.82, 2.24) is 5.43 Å². The first kappa shape index (κ1) is 21.4. The minimum atomic E-state index is -3.89. The maximum absolute atomic E-state index is 12.7. The van der Waals surface area contributed by atoms with Gasteiger partial charge in [-0.2, -0.15) is 5.10 Å². The van der Waals surface area contributed by atoms with Crippen LogP contribution in [0.1, 0.15) is 43.5 Å². The first-order chi connectivity index (χ1) is 13.4. The summed E-state index contributed by atoms with van der Waals surface area (Å²) in [5, 5.41) is 4.06. The van der Waals surface area contributed by atoms with Crippen molar-refractivity contribution in [2.75, 3.05) is 11.8 Å². The molecule has 2 N–H and O–H groups in total. The Labute approximate surface area is 165 Å². The van der Waals surface area contributed by atoms with Crippen LogP contribution in [0.3, 0.4) is 0 Å². The summed E-state index contributed by atoms with van der Waals surface area (Å²) in [5.74, 6) is -0.0675. The van der Waals surface area contributed by atoms with Crippen LogP contribution >= 0.6 is 0 Å². The normalized spacial score (nSPS) is 11.8. The van der Waals surface area contributed by atoms with Crippen LogP contribution in [0.5, 0.6) is 5.75 Å². The summed E-state index contributed by atoms with van der Waals surface area (Å²) in [6, 6.07) is 12.5. The fourth-order valence-corrected chi connectivity index (χ4v) is 3.55. The van der Waals surface area contributed by atoms with Gasteiger partial charge in [0.1, 0.15) is 5.75 Å². The molecule has 150 valence electrons. The number of rotatable bonds is 9. The molecule has 0 fully saturated rings. The van der Waals surface area contributed by atoms with Crippen LogP contribution < -0.4 is 14.9 Å². The van der Waals surface area contributed by atoms with Crippen LogP contribution in [0, 0.1) is 0 Å². The number of nitrogens with zero attached hydrogens (tertiary/aromatic N) is 1. The van der Waals surface area contributed by atoms with Gasteiger partial charge in [-0.05, 0) is 50.1 Å². The predicted molar refractivity (Wildman–Crippen MR) is 110 cm³/mol. The maximum atomic E-state index is 12.7. The fourth-order valence-electron chi connectivity index (χ4n) is 2.44. The van der Waals surface area contributed by atoms with Gasteiger partial charge in [-0.15, -0.1) is 0 Å². The molecule has 0 aliphatic heterocycles. The van der Waals surface area contributed by atoms with E-state index in [2.05, 4.69) is 22.2 Å². The van der Waals surface area contributed by atoms with Gasteiger partial charge in [-0.25, -0.2) is 13.8 Å². The number of hydrogen-bond donors (Lipinski definition) is 2. The van der Waals surface area contributed by atoms with Crippen molar-refractivity contribution in [3.8, 4) is 5.75 Å². The second-order valence-electron chi connectivity index (χ2n) is 6.23. The maximum Gasteiger partial charge on any atom is 0.271 e. The highest BCUT2D eigenvalue weighted by atomic mass is 32.2. The third kappa shape index (κ3) is 5.82. The molecule has 2 aromatic carbocycles. The summed E-state index contributed by atoms with van der Waals surface area (Å²) in [6.07, 6.45) is 2.83. The number of hydrogen-bond acceptors (Lipinski definition) is 5. The average Bonchev–Trinajstić information content (AvgIpc) is 2.70. The standard InChI is InChI=1S/C20H25N3O4S/c1-4-5-9-15(2)21-22-20(24)16-10-8-11-17(14-16)28(25,26)23-18-12-6-7-13-19(18)27-3/h6-8,10-14,23H,4-5,9H2,1-3H3,(H,22,24)/b21-15-. The molecule has 0 saturated carbocycles. The highest BCUT2D eigenvalue weighted by Crippen LogP contribution is 2.26. The lowest BCUT2D eigenvalue weighted by molar-refractivity contribution is 0.0954. The van der Waals surface area contributed by atoms with Crippen LogP contribution in [-0.4, -0.2) is 27.1 Å². The number of carbonyl (C=O) groups is 1. The number of sulfonamides is 1. The molecule has 0 saturated heterocycles. The molecule has 7 nitrogen and oxygen atoms in total. The largest absolute Gasteiger partial charge is 0.495 e. The quantitative estimate of drug-likeness (QED) is 0.492. The van der Waals surface area contributed by atoms with Gasteiger partial charge in [0, 0.05) is 11.3 Å². The summed E-state index contributed by atoms with van der Waals surface area (Å²) in [7, 11) is -2.43. The third-order valence-corrected chi connectivity index (χ3v) is 5.36. The fraction of sp³-hybridized carbons (Fsp3) is 0.300.